The molecule has 1 N–H and O–H groups in total. The van der Waals surface area contributed by atoms with Crippen molar-refractivity contribution in [3.05, 3.63) is 0 Å². The minimum Gasteiger partial charge on any atom is -0.206 e. The molecule has 0 saturated heterocycles. The summed E-state index contributed by atoms with van der Waals surface area (Å²) in [4.78, 5) is 0. The summed E-state index contributed by atoms with van der Waals surface area (Å²) in [5, 5.41) is 8.95. The predicted octanol–water partition coefficient (Wildman–Crippen LogP) is 1.60. The molecule has 1 rings (SSSR count). The van der Waals surface area contributed by atoms with Gasteiger partial charge in [-0.05, 0) is 31.6 Å². The van der Waals surface area contributed by atoms with Crippen molar-refractivity contribution in [3.8, 4) is 6.07 Å². The molecule has 1 aliphatic carbocycles. The Kier molecular flexibility index (Phi) is 3.86. The number of rotatable bonds is 3. The van der Waals surface area contributed by atoms with Crippen LogP contribution in [-0.2, 0) is 10.0 Å². The highest BCUT2D eigenvalue weighted by Crippen LogP contribution is 2.32. The fraction of sp³-hybridized carbons (Fsp3) is 0.889. The Morgan fingerprint density at radius 1 is 1.44 bits per heavy atom. The van der Waals surface area contributed by atoms with Gasteiger partial charge in [-0.3, -0.25) is 0 Å². The Morgan fingerprint density at radius 2 is 1.94 bits per heavy atom. The van der Waals surface area contributed by atoms with E-state index in [-0.39, 0.29) is 12.8 Å². The molecule has 7 heteroatoms. The standard InChI is InChI=1S/C9H14F2N2O2S/c1-7-2-4-9(6-12,5-3-7)13-16(14,15)8(10)11/h7-8,13H,2-5H2,1H3. The largest absolute Gasteiger partial charge is 0.350 e. The molecule has 0 aromatic heterocycles. The van der Waals surface area contributed by atoms with Gasteiger partial charge in [-0.25, -0.2) is 8.42 Å². The van der Waals surface area contributed by atoms with Gasteiger partial charge in [0, 0.05) is 0 Å². The second-order valence-corrected chi connectivity index (χ2v) is 5.93. The fourth-order valence-corrected chi connectivity index (χ4v) is 2.69. The van der Waals surface area contributed by atoms with Crippen LogP contribution in [0.2, 0.25) is 0 Å². The van der Waals surface area contributed by atoms with E-state index in [0.717, 1.165) is 0 Å². The molecule has 0 aromatic rings. The number of halogens is 2. The summed E-state index contributed by atoms with van der Waals surface area (Å²) in [7, 11) is -4.69. The van der Waals surface area contributed by atoms with Crippen molar-refractivity contribution in [1.29, 1.82) is 5.26 Å². The number of alkyl halides is 2. The van der Waals surface area contributed by atoms with Gasteiger partial charge in [0.25, 0.3) is 10.0 Å². The monoisotopic (exact) mass is 252 g/mol. The summed E-state index contributed by atoms with van der Waals surface area (Å²) in [5.74, 6) is -3.09. The van der Waals surface area contributed by atoms with Crippen LogP contribution in [0.5, 0.6) is 0 Å². The van der Waals surface area contributed by atoms with Gasteiger partial charge in [-0.2, -0.15) is 18.8 Å². The van der Waals surface area contributed by atoms with Crippen LogP contribution in [0.15, 0.2) is 0 Å². The normalized spacial score (nSPS) is 31.3. The van der Waals surface area contributed by atoms with E-state index in [9.17, 15) is 17.2 Å². The van der Waals surface area contributed by atoms with Gasteiger partial charge in [-0.1, -0.05) is 6.92 Å². The zero-order valence-corrected chi connectivity index (χ0v) is 9.73. The molecule has 4 nitrogen and oxygen atoms in total. The first-order valence-electron chi connectivity index (χ1n) is 5.03. The number of nitrogens with zero attached hydrogens (tertiary/aromatic N) is 1. The summed E-state index contributed by atoms with van der Waals surface area (Å²) in [6, 6.07) is 1.83. The molecule has 0 aromatic carbocycles. The summed E-state index contributed by atoms with van der Waals surface area (Å²) >= 11 is 0. The van der Waals surface area contributed by atoms with E-state index in [4.69, 9.17) is 5.26 Å². The summed E-state index contributed by atoms with van der Waals surface area (Å²) in [5.41, 5.74) is -1.35. The molecule has 0 atom stereocenters. The minimum atomic E-state index is -4.69. The Bertz CT molecular complexity index is 381. The van der Waals surface area contributed by atoms with Gasteiger partial charge in [0.15, 0.2) is 0 Å². The van der Waals surface area contributed by atoms with Gasteiger partial charge < -0.3 is 0 Å². The third-order valence-electron chi connectivity index (χ3n) is 2.91. The van der Waals surface area contributed by atoms with Crippen molar-refractivity contribution in [2.24, 2.45) is 5.92 Å². The Balaban J connectivity index is 2.81. The van der Waals surface area contributed by atoms with Crippen molar-refractivity contribution < 1.29 is 17.2 Å². The van der Waals surface area contributed by atoms with Gasteiger partial charge in [0.1, 0.15) is 5.54 Å². The van der Waals surface area contributed by atoms with Gasteiger partial charge in [0.2, 0.25) is 0 Å². The highest BCUT2D eigenvalue weighted by atomic mass is 32.2. The number of sulfonamides is 1. The smallest absolute Gasteiger partial charge is 0.206 e. The molecular weight excluding hydrogens is 238 g/mol. The maximum absolute atomic E-state index is 12.2. The van der Waals surface area contributed by atoms with Crippen LogP contribution in [0.4, 0.5) is 8.78 Å². The second-order valence-electron chi connectivity index (χ2n) is 4.28. The molecule has 0 aliphatic heterocycles. The molecule has 0 unspecified atom stereocenters. The van der Waals surface area contributed by atoms with Crippen molar-refractivity contribution in [1.82, 2.24) is 4.72 Å². The van der Waals surface area contributed by atoms with E-state index in [1.54, 1.807) is 0 Å². The summed E-state index contributed by atoms with van der Waals surface area (Å²) in [6.07, 6.45) is 1.91. The number of hydrogen-bond donors (Lipinski definition) is 1. The van der Waals surface area contributed by atoms with Crippen LogP contribution in [0.25, 0.3) is 0 Å². The van der Waals surface area contributed by atoms with Crippen molar-refractivity contribution in [2.45, 2.75) is 43.9 Å². The van der Waals surface area contributed by atoms with Crippen LogP contribution in [0, 0.1) is 17.2 Å². The lowest BCUT2D eigenvalue weighted by atomic mass is 9.79. The summed E-state index contributed by atoms with van der Waals surface area (Å²) in [6.45, 7) is 1.99. The molecule has 1 fully saturated rings. The third-order valence-corrected chi connectivity index (χ3v) is 4.06. The zero-order chi connectivity index (χ0) is 12.4. The highest BCUT2D eigenvalue weighted by Gasteiger charge is 2.40. The first-order valence-corrected chi connectivity index (χ1v) is 6.58. The lowest BCUT2D eigenvalue weighted by Gasteiger charge is -2.33. The van der Waals surface area contributed by atoms with Gasteiger partial charge >= 0.3 is 5.76 Å². The molecule has 0 spiro atoms. The molecule has 1 saturated carbocycles. The van der Waals surface area contributed by atoms with Crippen molar-refractivity contribution in [2.75, 3.05) is 0 Å². The molecular formula is C9H14F2N2O2S. The zero-order valence-electron chi connectivity index (χ0n) is 8.91. The Hall–Kier alpha value is -0.740. The number of nitrogens with one attached hydrogen (secondary N) is 1. The van der Waals surface area contributed by atoms with Crippen molar-refractivity contribution in [3.63, 3.8) is 0 Å². The summed E-state index contributed by atoms with van der Waals surface area (Å²) < 4.78 is 48.3. The van der Waals surface area contributed by atoms with Crippen molar-refractivity contribution >= 4 is 10.0 Å². The van der Waals surface area contributed by atoms with Crippen LogP contribution >= 0.6 is 0 Å². The van der Waals surface area contributed by atoms with E-state index in [1.165, 1.54) is 0 Å². The molecule has 0 heterocycles. The van der Waals surface area contributed by atoms with Gasteiger partial charge in [0.05, 0.1) is 6.07 Å². The maximum Gasteiger partial charge on any atom is 0.350 e. The third kappa shape index (κ3) is 2.89. The Labute approximate surface area is 93.7 Å². The molecule has 0 bridgehead atoms. The first-order chi connectivity index (χ1) is 7.31. The fourth-order valence-electron chi connectivity index (χ4n) is 1.81. The average molecular weight is 252 g/mol. The van der Waals surface area contributed by atoms with E-state index in [1.807, 2.05) is 17.7 Å². The topological polar surface area (TPSA) is 70.0 Å². The lowest BCUT2D eigenvalue weighted by molar-refractivity contribution is 0.222. The number of nitriles is 1. The van der Waals surface area contributed by atoms with Crippen LogP contribution in [0.3, 0.4) is 0 Å². The average Bonchev–Trinajstić information content (AvgIpc) is 2.21. The van der Waals surface area contributed by atoms with Gasteiger partial charge in [-0.15, -0.1) is 0 Å². The number of hydrogen-bond acceptors (Lipinski definition) is 3. The van der Waals surface area contributed by atoms with Crippen LogP contribution in [0.1, 0.15) is 32.6 Å². The van der Waals surface area contributed by atoms with E-state index in [2.05, 4.69) is 0 Å². The lowest BCUT2D eigenvalue weighted by Crippen LogP contribution is -2.51. The van der Waals surface area contributed by atoms with E-state index < -0.39 is 21.3 Å². The van der Waals surface area contributed by atoms with Crippen LogP contribution < -0.4 is 4.72 Å². The minimum absolute atomic E-state index is 0.288. The second kappa shape index (κ2) is 4.63. The first kappa shape index (κ1) is 13.3. The van der Waals surface area contributed by atoms with E-state index in [0.29, 0.717) is 18.8 Å². The highest BCUT2D eigenvalue weighted by molar-refractivity contribution is 7.89. The SMILES string of the molecule is CC1CCC(C#N)(NS(=O)(=O)C(F)F)CC1. The molecule has 16 heavy (non-hydrogen) atoms. The van der Waals surface area contributed by atoms with E-state index >= 15 is 0 Å². The maximum atomic E-state index is 12.2. The molecule has 0 radical (unpaired) electrons. The quantitative estimate of drug-likeness (QED) is 0.829. The Morgan fingerprint density at radius 3 is 2.31 bits per heavy atom. The molecule has 92 valence electrons. The predicted molar refractivity (Wildman–Crippen MR) is 54.0 cm³/mol. The van der Waals surface area contributed by atoms with Crippen LogP contribution in [-0.4, -0.2) is 19.7 Å². The molecule has 0 amide bonds. The molecule has 1 aliphatic rings.